The first-order chi connectivity index (χ1) is 16.3. The third-order valence-corrected chi connectivity index (χ3v) is 6.78. The summed E-state index contributed by atoms with van der Waals surface area (Å²) >= 11 is 0. The van der Waals surface area contributed by atoms with Crippen molar-refractivity contribution in [1.29, 1.82) is 0 Å². The molecule has 2 heterocycles. The molecule has 2 aliphatic heterocycles. The van der Waals surface area contributed by atoms with Crippen molar-refractivity contribution in [3.63, 3.8) is 0 Å². The zero-order valence-corrected chi connectivity index (χ0v) is 21.8. The van der Waals surface area contributed by atoms with Gasteiger partial charge in [-0.2, -0.15) is 0 Å². The first-order valence-corrected chi connectivity index (χ1v) is 12.3. The van der Waals surface area contributed by atoms with Crippen LogP contribution in [-0.4, -0.2) is 25.8 Å². The Morgan fingerprint density at radius 2 is 1.41 bits per heavy atom. The van der Waals surface area contributed by atoms with Crippen LogP contribution in [0.1, 0.15) is 81.5 Å². The number of hydrogen-bond donors (Lipinski definition) is 0. The Morgan fingerprint density at radius 3 is 1.91 bits per heavy atom. The second kappa shape index (κ2) is 9.61. The van der Waals surface area contributed by atoms with Crippen LogP contribution >= 0.6 is 0 Å². The maximum Gasteiger partial charge on any atom is 0.146 e. The van der Waals surface area contributed by atoms with E-state index in [-0.39, 0.29) is 0 Å². The van der Waals surface area contributed by atoms with Crippen molar-refractivity contribution in [3.05, 3.63) is 82.7 Å². The fourth-order valence-electron chi connectivity index (χ4n) is 4.90. The number of anilines is 1. The minimum Gasteiger partial charge on any atom is -0.494 e. The van der Waals surface area contributed by atoms with Crippen molar-refractivity contribution in [1.82, 2.24) is 4.90 Å². The molecule has 0 saturated heterocycles. The lowest BCUT2D eigenvalue weighted by Crippen LogP contribution is -2.28. The van der Waals surface area contributed by atoms with Gasteiger partial charge in [0.15, 0.2) is 0 Å². The van der Waals surface area contributed by atoms with Gasteiger partial charge in [0.05, 0.1) is 32.3 Å². The Balaban J connectivity index is 1.83. The van der Waals surface area contributed by atoms with Crippen LogP contribution in [-0.2, 0) is 0 Å². The van der Waals surface area contributed by atoms with Crippen LogP contribution in [0, 0.1) is 0 Å². The molecule has 4 rings (SSSR count). The molecule has 2 aliphatic rings. The van der Waals surface area contributed by atoms with Crippen molar-refractivity contribution in [3.8, 4) is 11.5 Å². The summed E-state index contributed by atoms with van der Waals surface area (Å²) in [6.07, 6.45) is 8.81. The Labute approximate surface area is 205 Å². The maximum absolute atomic E-state index is 5.70. The highest BCUT2D eigenvalue weighted by atomic mass is 16.5. The number of hydrogen-bond acceptors (Lipinski definition) is 4. The molecular formula is C30H38N2O2. The first kappa shape index (κ1) is 24.0. The van der Waals surface area contributed by atoms with E-state index < -0.39 is 0 Å². The van der Waals surface area contributed by atoms with Gasteiger partial charge in [-0.05, 0) is 58.7 Å². The standard InChI is InChI=1S/C30H38N2O2/c1-19(2)22-15-24(20(3)4)29(25(16-22)21(5)6)26-12-9-11-23-17-31(18-32(23)26)30-27(33-7)13-10-14-28(30)34-8/h9-17,19-21H,18H2,1-8H3. The number of para-hydroxylation sites is 1. The third kappa shape index (κ3) is 4.22. The predicted octanol–water partition coefficient (Wildman–Crippen LogP) is 7.61. The molecule has 0 bridgehead atoms. The van der Waals surface area contributed by atoms with Crippen molar-refractivity contribution in [2.45, 2.75) is 59.3 Å². The van der Waals surface area contributed by atoms with Crippen molar-refractivity contribution < 1.29 is 9.47 Å². The van der Waals surface area contributed by atoms with Crippen LogP contribution < -0.4 is 14.4 Å². The van der Waals surface area contributed by atoms with Gasteiger partial charge in [0.2, 0.25) is 0 Å². The summed E-state index contributed by atoms with van der Waals surface area (Å²) < 4.78 is 11.4. The molecule has 0 amide bonds. The quantitative estimate of drug-likeness (QED) is 0.426. The second-order valence-corrected chi connectivity index (χ2v) is 10.1. The van der Waals surface area contributed by atoms with Gasteiger partial charge in [0.25, 0.3) is 0 Å². The SMILES string of the molecule is COc1cccc(OC)c1N1C=C2C=CC=C(c3c(C(C)C)cc(C(C)C)cc3C(C)C)N2C1. The summed E-state index contributed by atoms with van der Waals surface area (Å²) in [6, 6.07) is 10.8. The summed E-state index contributed by atoms with van der Waals surface area (Å²) in [5.41, 5.74) is 9.01. The molecule has 0 aromatic heterocycles. The molecule has 4 heteroatoms. The van der Waals surface area contributed by atoms with E-state index in [0.717, 1.165) is 17.2 Å². The first-order valence-electron chi connectivity index (χ1n) is 12.3. The van der Waals surface area contributed by atoms with E-state index in [2.05, 4.69) is 87.9 Å². The summed E-state index contributed by atoms with van der Waals surface area (Å²) in [7, 11) is 3.42. The normalized spacial score (nSPS) is 15.3. The highest BCUT2D eigenvalue weighted by molar-refractivity contribution is 5.78. The van der Waals surface area contributed by atoms with Crippen molar-refractivity contribution in [2.75, 3.05) is 25.8 Å². The van der Waals surface area contributed by atoms with Crippen LogP contribution in [0.25, 0.3) is 5.70 Å². The van der Waals surface area contributed by atoms with E-state index in [4.69, 9.17) is 9.47 Å². The van der Waals surface area contributed by atoms with Gasteiger partial charge >= 0.3 is 0 Å². The van der Waals surface area contributed by atoms with Gasteiger partial charge < -0.3 is 19.3 Å². The number of nitrogens with zero attached hydrogens (tertiary/aromatic N) is 2. The molecule has 4 nitrogen and oxygen atoms in total. The van der Waals surface area contributed by atoms with Gasteiger partial charge in [-0.25, -0.2) is 0 Å². The topological polar surface area (TPSA) is 24.9 Å². The molecule has 0 saturated carbocycles. The third-order valence-electron chi connectivity index (χ3n) is 6.78. The Hall–Kier alpha value is -3.14. The Kier molecular flexibility index (Phi) is 6.79. The fourth-order valence-corrected chi connectivity index (χ4v) is 4.90. The molecule has 2 aromatic carbocycles. The zero-order valence-electron chi connectivity index (χ0n) is 21.8. The summed E-state index contributed by atoms with van der Waals surface area (Å²) in [6.45, 7) is 14.5. The van der Waals surface area contributed by atoms with Crippen LogP contribution in [0.4, 0.5) is 5.69 Å². The van der Waals surface area contributed by atoms with Crippen LogP contribution in [0.5, 0.6) is 11.5 Å². The van der Waals surface area contributed by atoms with E-state index in [1.54, 1.807) is 14.2 Å². The monoisotopic (exact) mass is 458 g/mol. The Morgan fingerprint density at radius 1 is 0.824 bits per heavy atom. The zero-order chi connectivity index (χ0) is 24.6. The molecule has 0 atom stereocenters. The molecule has 0 aliphatic carbocycles. The van der Waals surface area contributed by atoms with Gasteiger partial charge in [-0.15, -0.1) is 0 Å². The minimum atomic E-state index is 0.429. The molecule has 2 aromatic rings. The van der Waals surface area contributed by atoms with Crippen molar-refractivity contribution >= 4 is 11.4 Å². The number of rotatable bonds is 7. The Bertz CT molecular complexity index is 1100. The van der Waals surface area contributed by atoms with Gasteiger partial charge in [-0.3, -0.25) is 0 Å². The fraction of sp³-hybridized carbons (Fsp3) is 0.400. The largest absolute Gasteiger partial charge is 0.494 e. The predicted molar refractivity (Wildman–Crippen MR) is 143 cm³/mol. The lowest BCUT2D eigenvalue weighted by atomic mass is 9.82. The molecule has 0 radical (unpaired) electrons. The van der Waals surface area contributed by atoms with E-state index in [9.17, 15) is 0 Å². The summed E-state index contributed by atoms with van der Waals surface area (Å²) in [5.74, 6) is 2.96. The highest BCUT2D eigenvalue weighted by Gasteiger charge is 2.31. The van der Waals surface area contributed by atoms with E-state index >= 15 is 0 Å². The summed E-state index contributed by atoms with van der Waals surface area (Å²) in [5, 5.41) is 0. The molecule has 0 fully saturated rings. The van der Waals surface area contributed by atoms with Crippen molar-refractivity contribution in [2.24, 2.45) is 0 Å². The number of allylic oxidation sites excluding steroid dienone is 3. The molecule has 0 spiro atoms. The molecule has 180 valence electrons. The minimum absolute atomic E-state index is 0.429. The van der Waals surface area contributed by atoms with Gasteiger partial charge in [0, 0.05) is 11.8 Å². The second-order valence-electron chi connectivity index (χ2n) is 10.1. The molecular weight excluding hydrogens is 420 g/mol. The number of benzene rings is 2. The number of fused-ring (bicyclic) bond motifs is 1. The van der Waals surface area contributed by atoms with Gasteiger partial charge in [0.1, 0.15) is 17.2 Å². The molecule has 0 unspecified atom stereocenters. The van der Waals surface area contributed by atoms with E-state index in [0.29, 0.717) is 24.4 Å². The smallest absolute Gasteiger partial charge is 0.146 e. The lowest BCUT2D eigenvalue weighted by Gasteiger charge is -2.32. The number of methoxy groups -OCH3 is 2. The highest BCUT2D eigenvalue weighted by Crippen LogP contribution is 2.45. The number of ether oxygens (including phenoxy) is 2. The van der Waals surface area contributed by atoms with Gasteiger partial charge in [-0.1, -0.05) is 65.8 Å². The van der Waals surface area contributed by atoms with Crippen LogP contribution in [0.3, 0.4) is 0 Å². The molecule has 34 heavy (non-hydrogen) atoms. The van der Waals surface area contributed by atoms with E-state index in [1.165, 1.54) is 33.6 Å². The molecule has 0 N–H and O–H groups in total. The lowest BCUT2D eigenvalue weighted by molar-refractivity contribution is 0.394. The average Bonchev–Trinajstić information content (AvgIpc) is 3.26. The van der Waals surface area contributed by atoms with Crippen LogP contribution in [0.15, 0.2) is 60.5 Å². The van der Waals surface area contributed by atoms with E-state index in [1.807, 2.05) is 18.2 Å². The average molecular weight is 459 g/mol. The maximum atomic E-state index is 5.70. The van der Waals surface area contributed by atoms with Crippen LogP contribution in [0.2, 0.25) is 0 Å². The summed E-state index contributed by atoms with van der Waals surface area (Å²) in [4.78, 5) is 4.64.